The van der Waals surface area contributed by atoms with Gasteiger partial charge in [-0.15, -0.1) is 0 Å². The Hall–Kier alpha value is -2.62. The lowest BCUT2D eigenvalue weighted by Crippen LogP contribution is -2.43. The summed E-state index contributed by atoms with van der Waals surface area (Å²) in [5, 5.41) is 0. The zero-order valence-corrected chi connectivity index (χ0v) is 16.3. The molecule has 2 aromatic carbocycles. The molecular formula is C22H28N2O2. The van der Waals surface area contributed by atoms with Gasteiger partial charge in [0.1, 0.15) is 6.54 Å². The van der Waals surface area contributed by atoms with E-state index in [2.05, 4.69) is 20.8 Å². The van der Waals surface area contributed by atoms with Crippen LogP contribution in [0.25, 0.3) is 0 Å². The van der Waals surface area contributed by atoms with Crippen molar-refractivity contribution in [1.29, 1.82) is 0 Å². The van der Waals surface area contributed by atoms with Crippen LogP contribution in [0.5, 0.6) is 0 Å². The van der Waals surface area contributed by atoms with Crippen molar-refractivity contribution in [2.24, 2.45) is 0 Å². The molecule has 4 heteroatoms. The van der Waals surface area contributed by atoms with Crippen LogP contribution in [0.2, 0.25) is 0 Å². The van der Waals surface area contributed by atoms with E-state index in [4.69, 9.17) is 0 Å². The first-order valence-corrected chi connectivity index (χ1v) is 8.98. The van der Waals surface area contributed by atoms with Crippen molar-refractivity contribution in [2.45, 2.75) is 40.0 Å². The molecule has 0 saturated heterocycles. The Morgan fingerprint density at radius 3 is 2.00 bits per heavy atom. The number of benzene rings is 2. The SMILES string of the molecule is CCN(C(=O)CN(C(C)=O)c1ccccc1C(C)(C)C)c1ccccc1. The van der Waals surface area contributed by atoms with Crippen LogP contribution in [0.3, 0.4) is 0 Å². The number of carbonyl (C=O) groups is 2. The van der Waals surface area contributed by atoms with Gasteiger partial charge in [0.2, 0.25) is 11.8 Å². The van der Waals surface area contributed by atoms with Crippen LogP contribution in [0.1, 0.15) is 40.2 Å². The molecule has 138 valence electrons. The maximum Gasteiger partial charge on any atom is 0.247 e. The van der Waals surface area contributed by atoms with Gasteiger partial charge in [-0.25, -0.2) is 0 Å². The van der Waals surface area contributed by atoms with E-state index >= 15 is 0 Å². The van der Waals surface area contributed by atoms with E-state index < -0.39 is 0 Å². The second-order valence-electron chi connectivity index (χ2n) is 7.35. The summed E-state index contributed by atoms with van der Waals surface area (Å²) in [7, 11) is 0. The van der Waals surface area contributed by atoms with E-state index in [0.717, 1.165) is 16.9 Å². The van der Waals surface area contributed by atoms with Gasteiger partial charge < -0.3 is 9.80 Å². The summed E-state index contributed by atoms with van der Waals surface area (Å²) >= 11 is 0. The number of nitrogens with zero attached hydrogens (tertiary/aromatic N) is 2. The fraction of sp³-hybridized carbons (Fsp3) is 0.364. The van der Waals surface area contributed by atoms with Gasteiger partial charge in [0.05, 0.1) is 0 Å². The highest BCUT2D eigenvalue weighted by Gasteiger charge is 2.26. The lowest BCUT2D eigenvalue weighted by atomic mass is 9.85. The summed E-state index contributed by atoms with van der Waals surface area (Å²) in [6.45, 7) is 10.3. The van der Waals surface area contributed by atoms with Crippen LogP contribution in [0, 0.1) is 0 Å². The Balaban J connectivity index is 2.35. The number of hydrogen-bond acceptors (Lipinski definition) is 2. The Morgan fingerprint density at radius 2 is 1.46 bits per heavy atom. The second kappa shape index (κ2) is 8.17. The molecule has 0 unspecified atom stereocenters. The molecule has 0 aliphatic heterocycles. The standard InChI is InChI=1S/C22H28N2O2/c1-6-23(18-12-8-7-9-13-18)21(26)16-24(17(2)25)20-15-11-10-14-19(20)22(3,4)5/h7-15H,6,16H2,1-5H3. The van der Waals surface area contributed by atoms with Crippen LogP contribution >= 0.6 is 0 Å². The smallest absolute Gasteiger partial charge is 0.247 e. The average molecular weight is 352 g/mol. The summed E-state index contributed by atoms with van der Waals surface area (Å²) < 4.78 is 0. The molecule has 0 aliphatic carbocycles. The van der Waals surface area contributed by atoms with Gasteiger partial charge >= 0.3 is 0 Å². The van der Waals surface area contributed by atoms with Gasteiger partial charge in [-0.05, 0) is 36.1 Å². The minimum absolute atomic E-state index is 0.0190. The third kappa shape index (κ3) is 4.51. The molecule has 26 heavy (non-hydrogen) atoms. The van der Waals surface area contributed by atoms with E-state index in [0.29, 0.717) is 6.54 Å². The summed E-state index contributed by atoms with van der Waals surface area (Å²) in [5.74, 6) is -0.239. The first-order valence-electron chi connectivity index (χ1n) is 8.98. The molecule has 0 aromatic heterocycles. The molecule has 2 amide bonds. The monoisotopic (exact) mass is 352 g/mol. The predicted molar refractivity (Wildman–Crippen MR) is 108 cm³/mol. The van der Waals surface area contributed by atoms with Crippen LogP contribution in [0.15, 0.2) is 54.6 Å². The first-order chi connectivity index (χ1) is 12.3. The third-order valence-corrected chi connectivity index (χ3v) is 4.36. The van der Waals surface area contributed by atoms with Crippen LogP contribution in [-0.4, -0.2) is 24.9 Å². The normalized spacial score (nSPS) is 11.1. The summed E-state index contributed by atoms with van der Waals surface area (Å²) in [6, 6.07) is 17.3. The fourth-order valence-electron chi connectivity index (χ4n) is 3.04. The summed E-state index contributed by atoms with van der Waals surface area (Å²) in [6.07, 6.45) is 0. The van der Waals surface area contributed by atoms with Crippen molar-refractivity contribution < 1.29 is 9.59 Å². The quantitative estimate of drug-likeness (QED) is 0.801. The number of rotatable bonds is 5. The first kappa shape index (κ1) is 19.7. The number of hydrogen-bond donors (Lipinski definition) is 0. The van der Waals surface area contributed by atoms with Gasteiger partial charge in [-0.3, -0.25) is 9.59 Å². The minimum Gasteiger partial charge on any atom is -0.311 e. The van der Waals surface area contributed by atoms with E-state index in [-0.39, 0.29) is 23.8 Å². The Bertz CT molecular complexity index is 763. The zero-order valence-electron chi connectivity index (χ0n) is 16.3. The van der Waals surface area contributed by atoms with E-state index in [1.54, 1.807) is 9.80 Å². The Labute approximate surface area is 156 Å². The van der Waals surface area contributed by atoms with Gasteiger partial charge in [-0.1, -0.05) is 57.2 Å². The van der Waals surface area contributed by atoms with Gasteiger partial charge in [0, 0.05) is 24.8 Å². The van der Waals surface area contributed by atoms with E-state index in [1.807, 2.05) is 61.5 Å². The average Bonchev–Trinajstić information content (AvgIpc) is 2.60. The van der Waals surface area contributed by atoms with Crippen molar-refractivity contribution in [3.8, 4) is 0 Å². The third-order valence-electron chi connectivity index (χ3n) is 4.36. The van der Waals surface area contributed by atoms with Crippen molar-refractivity contribution in [2.75, 3.05) is 22.9 Å². The molecule has 0 bridgehead atoms. The van der Waals surface area contributed by atoms with Crippen LogP contribution < -0.4 is 9.80 Å². The fourth-order valence-corrected chi connectivity index (χ4v) is 3.04. The zero-order chi connectivity index (χ0) is 19.3. The molecule has 0 radical (unpaired) electrons. The molecule has 2 aromatic rings. The molecule has 0 spiro atoms. The van der Waals surface area contributed by atoms with Crippen LogP contribution in [0.4, 0.5) is 11.4 Å². The number of carbonyl (C=O) groups excluding carboxylic acids is 2. The van der Waals surface area contributed by atoms with Gasteiger partial charge in [-0.2, -0.15) is 0 Å². The Kier molecular flexibility index (Phi) is 6.19. The highest BCUT2D eigenvalue weighted by atomic mass is 16.2. The van der Waals surface area contributed by atoms with Crippen molar-refractivity contribution in [1.82, 2.24) is 0 Å². The lowest BCUT2D eigenvalue weighted by Gasteiger charge is -2.31. The molecule has 2 rings (SSSR count). The maximum atomic E-state index is 13.0. The van der Waals surface area contributed by atoms with Crippen LogP contribution in [-0.2, 0) is 15.0 Å². The molecule has 0 N–H and O–H groups in total. The number of para-hydroxylation sites is 2. The van der Waals surface area contributed by atoms with E-state index in [1.165, 1.54) is 6.92 Å². The van der Waals surface area contributed by atoms with Gasteiger partial charge in [0.25, 0.3) is 0 Å². The van der Waals surface area contributed by atoms with Crippen molar-refractivity contribution >= 4 is 23.2 Å². The molecule has 0 fully saturated rings. The summed E-state index contributed by atoms with van der Waals surface area (Å²) in [5.41, 5.74) is 2.56. The lowest BCUT2D eigenvalue weighted by molar-refractivity contribution is -0.121. The van der Waals surface area contributed by atoms with Crippen molar-refractivity contribution in [3.63, 3.8) is 0 Å². The summed E-state index contributed by atoms with van der Waals surface area (Å²) in [4.78, 5) is 28.6. The molecule has 0 heterocycles. The van der Waals surface area contributed by atoms with E-state index in [9.17, 15) is 9.59 Å². The number of likely N-dealkylation sites (N-methyl/N-ethyl adjacent to an activating group) is 1. The molecule has 0 saturated carbocycles. The molecular weight excluding hydrogens is 324 g/mol. The Morgan fingerprint density at radius 1 is 0.885 bits per heavy atom. The second-order valence-corrected chi connectivity index (χ2v) is 7.35. The minimum atomic E-state index is -0.140. The molecule has 4 nitrogen and oxygen atoms in total. The largest absolute Gasteiger partial charge is 0.311 e. The molecule has 0 atom stereocenters. The number of amides is 2. The van der Waals surface area contributed by atoms with Crippen molar-refractivity contribution in [3.05, 3.63) is 60.2 Å². The van der Waals surface area contributed by atoms with Gasteiger partial charge in [0.15, 0.2) is 0 Å². The number of anilines is 2. The topological polar surface area (TPSA) is 40.6 Å². The maximum absolute atomic E-state index is 13.0. The molecule has 0 aliphatic rings. The predicted octanol–water partition coefficient (Wildman–Crippen LogP) is 4.39. The highest BCUT2D eigenvalue weighted by molar-refractivity contribution is 6.03. The highest BCUT2D eigenvalue weighted by Crippen LogP contribution is 2.32.